The molecule has 5 nitrogen and oxygen atoms in total. The molecular formula is C13H12F2N2O3. The van der Waals surface area contributed by atoms with E-state index in [2.05, 4.69) is 9.72 Å². The Morgan fingerprint density at radius 3 is 2.85 bits per heavy atom. The van der Waals surface area contributed by atoms with Crippen molar-refractivity contribution in [3.05, 3.63) is 30.0 Å². The Morgan fingerprint density at radius 1 is 1.45 bits per heavy atom. The van der Waals surface area contributed by atoms with Gasteiger partial charge >= 0.3 is 12.6 Å². The molecule has 1 heterocycles. The van der Waals surface area contributed by atoms with Gasteiger partial charge in [-0.25, -0.2) is 4.79 Å². The molecule has 0 fully saturated rings. The third-order valence-corrected chi connectivity index (χ3v) is 2.60. The van der Waals surface area contributed by atoms with Crippen LogP contribution < -0.4 is 10.5 Å². The second kappa shape index (κ2) is 5.68. The topological polar surface area (TPSA) is 74.4 Å². The second-order valence-corrected chi connectivity index (χ2v) is 3.86. The smallest absolute Gasteiger partial charge is 0.387 e. The molecule has 106 valence electrons. The number of pyridine rings is 1. The Bertz CT molecular complexity index is 647. The standard InChI is InChI=1S/C13H12F2N2O3/c1-2-19-12(18)9-6-17-10-4-3-7(20-13(14)15)5-8(10)11(9)16/h3-6,13H,2H2,1H3,(H2,16,17). The van der Waals surface area contributed by atoms with E-state index in [0.29, 0.717) is 10.9 Å². The van der Waals surface area contributed by atoms with E-state index < -0.39 is 12.6 Å². The first-order valence-electron chi connectivity index (χ1n) is 5.83. The van der Waals surface area contributed by atoms with E-state index >= 15 is 0 Å². The summed E-state index contributed by atoms with van der Waals surface area (Å²) >= 11 is 0. The van der Waals surface area contributed by atoms with E-state index in [0.717, 1.165) is 0 Å². The first-order valence-corrected chi connectivity index (χ1v) is 5.83. The molecule has 0 aliphatic rings. The largest absolute Gasteiger partial charge is 0.462 e. The molecule has 0 radical (unpaired) electrons. The summed E-state index contributed by atoms with van der Waals surface area (Å²) in [6, 6.07) is 4.15. The number of hydrogen-bond donors (Lipinski definition) is 1. The number of rotatable bonds is 4. The molecule has 0 saturated carbocycles. The van der Waals surface area contributed by atoms with Crippen LogP contribution in [0.2, 0.25) is 0 Å². The van der Waals surface area contributed by atoms with E-state index in [9.17, 15) is 13.6 Å². The number of esters is 1. The van der Waals surface area contributed by atoms with Gasteiger partial charge < -0.3 is 15.2 Å². The van der Waals surface area contributed by atoms with Gasteiger partial charge in [-0.2, -0.15) is 8.78 Å². The molecule has 2 N–H and O–H groups in total. The zero-order valence-electron chi connectivity index (χ0n) is 10.6. The quantitative estimate of drug-likeness (QED) is 0.872. The highest BCUT2D eigenvalue weighted by atomic mass is 19.3. The molecule has 0 atom stereocenters. The average molecular weight is 282 g/mol. The van der Waals surface area contributed by atoms with Crippen LogP contribution >= 0.6 is 0 Å². The second-order valence-electron chi connectivity index (χ2n) is 3.86. The molecule has 0 amide bonds. The molecule has 0 saturated heterocycles. The lowest BCUT2D eigenvalue weighted by atomic mass is 10.1. The molecule has 7 heteroatoms. The summed E-state index contributed by atoms with van der Waals surface area (Å²) < 4.78 is 33.5. The number of ether oxygens (including phenoxy) is 2. The summed E-state index contributed by atoms with van der Waals surface area (Å²) in [7, 11) is 0. The summed E-state index contributed by atoms with van der Waals surface area (Å²) in [5, 5.41) is 0.355. The zero-order chi connectivity index (χ0) is 14.7. The first kappa shape index (κ1) is 14.0. The van der Waals surface area contributed by atoms with Crippen LogP contribution in [-0.4, -0.2) is 24.2 Å². The summed E-state index contributed by atoms with van der Waals surface area (Å²) in [5.74, 6) is -0.665. The minimum Gasteiger partial charge on any atom is -0.462 e. The molecule has 2 aromatic rings. The highest BCUT2D eigenvalue weighted by Crippen LogP contribution is 2.28. The van der Waals surface area contributed by atoms with E-state index in [-0.39, 0.29) is 23.6 Å². The normalized spacial score (nSPS) is 10.8. The number of benzene rings is 1. The molecule has 0 aliphatic heterocycles. The van der Waals surface area contributed by atoms with Crippen LogP contribution in [0.15, 0.2) is 24.4 Å². The predicted octanol–water partition coefficient (Wildman–Crippen LogP) is 2.60. The summed E-state index contributed by atoms with van der Waals surface area (Å²) in [4.78, 5) is 15.7. The van der Waals surface area contributed by atoms with Crippen molar-refractivity contribution < 1.29 is 23.0 Å². The van der Waals surface area contributed by atoms with Crippen molar-refractivity contribution in [1.29, 1.82) is 0 Å². The maximum Gasteiger partial charge on any atom is 0.387 e. The number of carbonyl (C=O) groups is 1. The van der Waals surface area contributed by atoms with Crippen LogP contribution in [0, 0.1) is 0 Å². The number of nitrogens with two attached hydrogens (primary N) is 1. The molecule has 2 rings (SSSR count). The van der Waals surface area contributed by atoms with Crippen LogP contribution in [0.4, 0.5) is 14.5 Å². The number of halogens is 2. The van der Waals surface area contributed by atoms with Gasteiger partial charge in [0.1, 0.15) is 11.3 Å². The fourth-order valence-corrected chi connectivity index (χ4v) is 1.74. The predicted molar refractivity (Wildman–Crippen MR) is 68.7 cm³/mol. The van der Waals surface area contributed by atoms with Crippen LogP contribution in [0.3, 0.4) is 0 Å². The van der Waals surface area contributed by atoms with Gasteiger partial charge in [0.05, 0.1) is 17.8 Å². The third kappa shape index (κ3) is 2.76. The molecule has 1 aromatic heterocycles. The highest BCUT2D eigenvalue weighted by molar-refractivity contribution is 6.04. The summed E-state index contributed by atoms with van der Waals surface area (Å²) in [5.41, 5.74) is 6.55. The van der Waals surface area contributed by atoms with Crippen molar-refractivity contribution in [3.8, 4) is 5.75 Å². The SMILES string of the molecule is CCOC(=O)c1cnc2ccc(OC(F)F)cc2c1N. The number of carbonyl (C=O) groups excluding carboxylic acids is 1. The Kier molecular flexibility index (Phi) is 3.97. The summed E-state index contributed by atoms with van der Waals surface area (Å²) in [6.45, 7) is -1.07. The number of fused-ring (bicyclic) bond motifs is 1. The zero-order valence-corrected chi connectivity index (χ0v) is 10.6. The molecule has 0 unspecified atom stereocenters. The van der Waals surface area contributed by atoms with Gasteiger partial charge in [-0.3, -0.25) is 4.98 Å². The van der Waals surface area contributed by atoms with Crippen molar-refractivity contribution in [3.63, 3.8) is 0 Å². The van der Waals surface area contributed by atoms with Gasteiger partial charge in [0.2, 0.25) is 0 Å². The van der Waals surface area contributed by atoms with E-state index in [1.165, 1.54) is 24.4 Å². The van der Waals surface area contributed by atoms with Gasteiger partial charge in [0.25, 0.3) is 0 Å². The van der Waals surface area contributed by atoms with Gasteiger partial charge in [0.15, 0.2) is 0 Å². The maximum absolute atomic E-state index is 12.2. The fraction of sp³-hybridized carbons (Fsp3) is 0.231. The maximum atomic E-state index is 12.2. The summed E-state index contributed by atoms with van der Waals surface area (Å²) in [6.07, 6.45) is 1.29. The van der Waals surface area contributed by atoms with E-state index in [4.69, 9.17) is 10.5 Å². The lowest BCUT2D eigenvalue weighted by Gasteiger charge is -2.10. The van der Waals surface area contributed by atoms with Gasteiger partial charge in [0, 0.05) is 11.6 Å². The third-order valence-electron chi connectivity index (χ3n) is 2.60. The monoisotopic (exact) mass is 282 g/mol. The molecule has 20 heavy (non-hydrogen) atoms. The molecule has 0 bridgehead atoms. The number of hydrogen-bond acceptors (Lipinski definition) is 5. The van der Waals surface area contributed by atoms with Gasteiger partial charge in [-0.1, -0.05) is 0 Å². The number of alkyl halides is 2. The highest BCUT2D eigenvalue weighted by Gasteiger charge is 2.15. The van der Waals surface area contributed by atoms with E-state index in [1.54, 1.807) is 6.92 Å². The van der Waals surface area contributed by atoms with Gasteiger partial charge in [-0.05, 0) is 25.1 Å². The van der Waals surface area contributed by atoms with Crippen LogP contribution in [0.1, 0.15) is 17.3 Å². The number of nitrogen functional groups attached to an aromatic ring is 1. The number of aromatic nitrogens is 1. The van der Waals surface area contributed by atoms with Crippen molar-refractivity contribution >= 4 is 22.6 Å². The Labute approximate surface area is 113 Å². The lowest BCUT2D eigenvalue weighted by molar-refractivity contribution is -0.0497. The van der Waals surface area contributed by atoms with Crippen molar-refractivity contribution in [2.24, 2.45) is 0 Å². The van der Waals surface area contributed by atoms with Crippen LogP contribution in [-0.2, 0) is 4.74 Å². The Hall–Kier alpha value is -2.44. The average Bonchev–Trinajstić information content (AvgIpc) is 2.39. The van der Waals surface area contributed by atoms with Crippen molar-refractivity contribution in [2.45, 2.75) is 13.5 Å². The number of nitrogens with zero attached hydrogens (tertiary/aromatic N) is 1. The van der Waals surface area contributed by atoms with Gasteiger partial charge in [-0.15, -0.1) is 0 Å². The molecule has 0 spiro atoms. The molecule has 1 aromatic carbocycles. The minimum absolute atomic E-state index is 0.0537. The van der Waals surface area contributed by atoms with Crippen LogP contribution in [0.25, 0.3) is 10.9 Å². The lowest BCUT2D eigenvalue weighted by Crippen LogP contribution is -2.09. The Balaban J connectivity index is 2.49. The minimum atomic E-state index is -2.94. The van der Waals surface area contributed by atoms with Crippen LogP contribution in [0.5, 0.6) is 5.75 Å². The first-order chi connectivity index (χ1) is 9.52. The van der Waals surface area contributed by atoms with Crippen molar-refractivity contribution in [1.82, 2.24) is 4.98 Å². The van der Waals surface area contributed by atoms with E-state index in [1.807, 2.05) is 0 Å². The van der Waals surface area contributed by atoms with Crippen molar-refractivity contribution in [2.75, 3.05) is 12.3 Å². The molecular weight excluding hydrogens is 270 g/mol. The fourth-order valence-electron chi connectivity index (χ4n) is 1.74. The number of anilines is 1. The molecule has 0 aliphatic carbocycles. The Morgan fingerprint density at radius 2 is 2.20 bits per heavy atom.